The summed E-state index contributed by atoms with van der Waals surface area (Å²) in [6.45, 7) is 4.42. The number of esters is 2. The summed E-state index contributed by atoms with van der Waals surface area (Å²) in [6.07, 6.45) is 1.02. The number of carbonyl (C=O) groups is 4. The van der Waals surface area contributed by atoms with Crippen LogP contribution in [0.2, 0.25) is 5.02 Å². The standard InChI is InChI=1S/C20H25ClN2O5.C6H10O4/c1-4-28-20(25)18-15(11-27-10-9-22)23-12(2)16(19(24)26-3)17(18)13-7-5-6-8-14(13)21;7-5(8)3-1-2-4-6(9)10/h5-8,17,23H,4,9-11,22H2,1-3H3;1-4H2,(H,7,8)(H,9,10)/t17-;/m0./s1. The highest BCUT2D eigenvalue weighted by Gasteiger charge is 2.39. The third-order valence-electron chi connectivity index (χ3n) is 5.30. The lowest BCUT2D eigenvalue weighted by atomic mass is 9.80. The van der Waals surface area contributed by atoms with Crippen LogP contribution in [-0.2, 0) is 33.4 Å². The normalized spacial score (nSPS) is 14.7. The van der Waals surface area contributed by atoms with Gasteiger partial charge in [0.05, 0.1) is 49.7 Å². The second-order valence-corrected chi connectivity index (χ2v) is 8.47. The van der Waals surface area contributed by atoms with Crippen LogP contribution in [0.25, 0.3) is 0 Å². The number of hydrogen-bond donors (Lipinski definition) is 4. The number of carbonyl (C=O) groups excluding carboxylic acids is 2. The van der Waals surface area contributed by atoms with E-state index in [0.717, 1.165) is 0 Å². The van der Waals surface area contributed by atoms with Gasteiger partial charge in [-0.15, -0.1) is 0 Å². The molecule has 11 nitrogen and oxygen atoms in total. The second-order valence-electron chi connectivity index (χ2n) is 8.06. The molecule has 1 aliphatic heterocycles. The smallest absolute Gasteiger partial charge is 0.336 e. The number of nitrogens with one attached hydrogen (secondary N) is 1. The summed E-state index contributed by atoms with van der Waals surface area (Å²) >= 11 is 6.42. The van der Waals surface area contributed by atoms with Gasteiger partial charge in [-0.05, 0) is 38.3 Å². The summed E-state index contributed by atoms with van der Waals surface area (Å²) in [6, 6.07) is 7.05. The number of carboxylic acids is 2. The summed E-state index contributed by atoms with van der Waals surface area (Å²) in [5.74, 6) is -3.60. The maximum atomic E-state index is 12.9. The number of ether oxygens (including phenoxy) is 3. The van der Waals surface area contributed by atoms with Crippen LogP contribution in [0.1, 0.15) is 51.0 Å². The van der Waals surface area contributed by atoms with Crippen LogP contribution in [0.15, 0.2) is 46.8 Å². The molecule has 1 aliphatic rings. The van der Waals surface area contributed by atoms with Gasteiger partial charge in [0.25, 0.3) is 0 Å². The zero-order chi connectivity index (χ0) is 28.7. The number of nitrogens with two attached hydrogens (primary N) is 1. The monoisotopic (exact) mass is 554 g/mol. The van der Waals surface area contributed by atoms with Gasteiger partial charge in [0, 0.05) is 30.1 Å². The summed E-state index contributed by atoms with van der Waals surface area (Å²) in [4.78, 5) is 45.3. The van der Waals surface area contributed by atoms with Crippen LogP contribution in [0.5, 0.6) is 0 Å². The molecule has 0 aromatic heterocycles. The molecule has 1 aromatic rings. The highest BCUT2D eigenvalue weighted by molar-refractivity contribution is 6.31. The van der Waals surface area contributed by atoms with Crippen molar-refractivity contribution in [1.29, 1.82) is 0 Å². The van der Waals surface area contributed by atoms with E-state index in [9.17, 15) is 19.2 Å². The molecule has 210 valence electrons. The van der Waals surface area contributed by atoms with Crippen LogP contribution in [0.4, 0.5) is 0 Å². The molecule has 38 heavy (non-hydrogen) atoms. The molecule has 12 heteroatoms. The van der Waals surface area contributed by atoms with Crippen molar-refractivity contribution in [3.05, 3.63) is 57.4 Å². The first kappa shape index (κ1) is 32.6. The Morgan fingerprint density at radius 1 is 1.03 bits per heavy atom. The average Bonchev–Trinajstić information content (AvgIpc) is 2.86. The van der Waals surface area contributed by atoms with Gasteiger partial charge in [-0.1, -0.05) is 29.8 Å². The Morgan fingerprint density at radius 2 is 1.63 bits per heavy atom. The second kappa shape index (κ2) is 17.2. The first-order valence-electron chi connectivity index (χ1n) is 12.0. The van der Waals surface area contributed by atoms with Gasteiger partial charge in [0.15, 0.2) is 0 Å². The number of unbranched alkanes of at least 4 members (excludes halogenated alkanes) is 1. The van der Waals surface area contributed by atoms with Crippen molar-refractivity contribution in [2.24, 2.45) is 5.73 Å². The van der Waals surface area contributed by atoms with E-state index >= 15 is 0 Å². The zero-order valence-electron chi connectivity index (χ0n) is 21.8. The predicted octanol–water partition coefficient (Wildman–Crippen LogP) is 2.98. The topological polar surface area (TPSA) is 174 Å². The summed E-state index contributed by atoms with van der Waals surface area (Å²) < 4.78 is 15.8. The Morgan fingerprint density at radius 3 is 2.13 bits per heavy atom. The number of rotatable bonds is 13. The molecule has 1 atom stereocenters. The van der Waals surface area contributed by atoms with Crippen LogP contribution in [-0.4, -0.2) is 67.6 Å². The largest absolute Gasteiger partial charge is 0.481 e. The van der Waals surface area contributed by atoms with Crippen LogP contribution in [0, 0.1) is 0 Å². The van der Waals surface area contributed by atoms with Crippen molar-refractivity contribution in [3.63, 3.8) is 0 Å². The third-order valence-corrected chi connectivity index (χ3v) is 5.65. The van der Waals surface area contributed by atoms with Crippen molar-refractivity contribution >= 4 is 35.5 Å². The summed E-state index contributed by atoms with van der Waals surface area (Å²) in [5, 5.41) is 19.8. The van der Waals surface area contributed by atoms with E-state index in [1.165, 1.54) is 7.11 Å². The fraction of sp³-hybridized carbons (Fsp3) is 0.462. The van der Waals surface area contributed by atoms with Gasteiger partial charge >= 0.3 is 23.9 Å². The number of halogens is 1. The van der Waals surface area contributed by atoms with E-state index in [2.05, 4.69) is 5.32 Å². The van der Waals surface area contributed by atoms with E-state index < -0.39 is 29.8 Å². The fourth-order valence-electron chi connectivity index (χ4n) is 3.67. The number of allylic oxidation sites excluding steroid dienone is 1. The van der Waals surface area contributed by atoms with E-state index in [4.69, 9.17) is 41.8 Å². The van der Waals surface area contributed by atoms with Gasteiger partial charge in [-0.2, -0.15) is 0 Å². The van der Waals surface area contributed by atoms with E-state index in [-0.39, 0.29) is 31.6 Å². The minimum Gasteiger partial charge on any atom is -0.481 e. The average molecular weight is 555 g/mol. The first-order chi connectivity index (χ1) is 18.1. The predicted molar refractivity (Wildman–Crippen MR) is 139 cm³/mol. The summed E-state index contributed by atoms with van der Waals surface area (Å²) in [7, 11) is 1.29. The number of hydrogen-bond acceptors (Lipinski definition) is 9. The molecule has 0 saturated heterocycles. The molecular formula is C26H35ClN2O9. The van der Waals surface area contributed by atoms with Gasteiger partial charge in [0.1, 0.15) is 0 Å². The minimum absolute atomic E-state index is 0.0628. The van der Waals surface area contributed by atoms with E-state index in [1.807, 2.05) is 0 Å². The van der Waals surface area contributed by atoms with Crippen LogP contribution >= 0.6 is 11.6 Å². The molecule has 0 spiro atoms. The number of carboxylic acid groups (broad SMARTS) is 2. The molecule has 0 fully saturated rings. The number of benzene rings is 1. The number of dihydropyridines is 1. The fourth-order valence-corrected chi connectivity index (χ4v) is 3.92. The highest BCUT2D eigenvalue weighted by Crippen LogP contribution is 2.41. The van der Waals surface area contributed by atoms with Gasteiger partial charge in [-0.3, -0.25) is 9.59 Å². The number of methoxy groups -OCH3 is 1. The maximum Gasteiger partial charge on any atom is 0.336 e. The summed E-state index contributed by atoms with van der Waals surface area (Å²) in [5.41, 5.74) is 7.70. The van der Waals surface area contributed by atoms with Crippen molar-refractivity contribution in [3.8, 4) is 0 Å². The van der Waals surface area contributed by atoms with Crippen LogP contribution < -0.4 is 11.1 Å². The molecular weight excluding hydrogens is 520 g/mol. The third kappa shape index (κ3) is 10.2. The lowest BCUT2D eigenvalue weighted by molar-refractivity contribution is -0.139. The molecule has 5 N–H and O–H groups in total. The molecule has 0 aliphatic carbocycles. The lowest BCUT2D eigenvalue weighted by Crippen LogP contribution is -2.35. The van der Waals surface area contributed by atoms with Gasteiger partial charge in [0.2, 0.25) is 0 Å². The Labute approximate surface area is 226 Å². The molecule has 1 aromatic carbocycles. The quantitative estimate of drug-likeness (QED) is 0.208. The lowest BCUT2D eigenvalue weighted by Gasteiger charge is -2.31. The maximum absolute atomic E-state index is 12.9. The van der Waals surface area contributed by atoms with Crippen molar-refractivity contribution < 1.29 is 43.6 Å². The molecule has 2 rings (SSSR count). The SMILES string of the molecule is CCOC(=O)C1=C(COCCN)NC(C)=C(C(=O)OC)[C@@H]1c1ccccc1Cl.O=C(O)CCCCC(=O)O. The van der Waals surface area contributed by atoms with Gasteiger partial charge < -0.3 is 35.5 Å². The van der Waals surface area contributed by atoms with E-state index in [1.54, 1.807) is 38.1 Å². The van der Waals surface area contributed by atoms with E-state index in [0.29, 0.717) is 53.5 Å². The van der Waals surface area contributed by atoms with Crippen molar-refractivity contribution in [2.75, 3.05) is 33.5 Å². The molecule has 0 amide bonds. The first-order valence-corrected chi connectivity index (χ1v) is 12.4. The molecule has 0 unspecified atom stereocenters. The Kier molecular flexibility index (Phi) is 14.7. The van der Waals surface area contributed by atoms with Gasteiger partial charge in [-0.25, -0.2) is 9.59 Å². The highest BCUT2D eigenvalue weighted by atomic mass is 35.5. The molecule has 0 saturated carbocycles. The Balaban J connectivity index is 0.000000612. The van der Waals surface area contributed by atoms with Crippen LogP contribution in [0.3, 0.4) is 0 Å². The molecule has 1 heterocycles. The molecule has 0 radical (unpaired) electrons. The zero-order valence-corrected chi connectivity index (χ0v) is 22.5. The van der Waals surface area contributed by atoms with Crippen molar-refractivity contribution in [2.45, 2.75) is 45.4 Å². The van der Waals surface area contributed by atoms with Crippen molar-refractivity contribution in [1.82, 2.24) is 5.32 Å². The minimum atomic E-state index is -0.870. The Hall–Kier alpha value is -3.41. The number of aliphatic carboxylic acids is 2. The molecule has 0 bridgehead atoms. The Bertz CT molecular complexity index is 1040.